The first-order valence-electron chi connectivity index (χ1n) is 7.31. The molecule has 0 bridgehead atoms. The number of hydrogen-bond donors (Lipinski definition) is 1. The Morgan fingerprint density at radius 3 is 2.70 bits per heavy atom. The number of hydrogen-bond acceptors (Lipinski definition) is 7. The largest absolute Gasteiger partial charge is 0.548 e. The predicted octanol–water partition coefficient (Wildman–Crippen LogP) is -0.514. The van der Waals surface area contributed by atoms with Gasteiger partial charge in [0.2, 0.25) is 0 Å². The molecule has 0 radical (unpaired) electrons. The van der Waals surface area contributed by atoms with Crippen LogP contribution in [0, 0.1) is 0 Å². The topological polar surface area (TPSA) is 124 Å². The van der Waals surface area contributed by atoms with E-state index < -0.39 is 41.8 Å². The van der Waals surface area contributed by atoms with E-state index in [1.807, 2.05) is 0 Å². The number of carbonyl (C=O) groups excluding carboxylic acids is 2. The van der Waals surface area contributed by atoms with Gasteiger partial charge in [0.05, 0.1) is 31.2 Å². The van der Waals surface area contributed by atoms with Crippen LogP contribution in [-0.2, 0) is 14.4 Å². The van der Waals surface area contributed by atoms with Gasteiger partial charge < -0.3 is 24.4 Å². The number of halogens is 3. The second-order valence-corrected chi connectivity index (χ2v) is 5.27. The number of alkyl halides is 3. The smallest absolute Gasteiger partial charge is 0.471 e. The van der Waals surface area contributed by atoms with E-state index in [4.69, 9.17) is 9.57 Å². The number of nitrogens with one attached hydrogen (secondary N) is 1. The molecular formula is C15H13F3N3O6-. The number of fused-ring (bicyclic) bond motifs is 1. The van der Waals surface area contributed by atoms with Crippen LogP contribution < -0.4 is 15.4 Å². The number of oxime groups is 1. The van der Waals surface area contributed by atoms with Crippen LogP contribution in [0.5, 0.6) is 5.88 Å². The highest BCUT2D eigenvalue weighted by atomic mass is 19.4. The Labute approximate surface area is 149 Å². The lowest BCUT2D eigenvalue weighted by Gasteiger charge is -2.37. The van der Waals surface area contributed by atoms with Gasteiger partial charge in [-0.05, 0) is 0 Å². The molecular weight excluding hydrogens is 375 g/mol. The van der Waals surface area contributed by atoms with Gasteiger partial charge in [0.15, 0.2) is 5.88 Å². The zero-order valence-corrected chi connectivity index (χ0v) is 13.8. The van der Waals surface area contributed by atoms with Crippen molar-refractivity contribution < 1.29 is 37.4 Å². The average Bonchev–Trinajstić information content (AvgIpc) is 2.59. The van der Waals surface area contributed by atoms with E-state index in [0.29, 0.717) is 0 Å². The summed E-state index contributed by atoms with van der Waals surface area (Å²) in [6, 6.07) is -1.19. The Hall–Kier alpha value is -3.31. The molecule has 1 aliphatic rings. The molecule has 0 aliphatic carbocycles. The minimum Gasteiger partial charge on any atom is -0.548 e. The van der Waals surface area contributed by atoms with E-state index in [2.05, 4.69) is 16.7 Å². The molecule has 146 valence electrons. The van der Waals surface area contributed by atoms with Gasteiger partial charge in [-0.15, -0.1) is 0 Å². The molecule has 1 aromatic rings. The number of nitrogens with zero attached hydrogens (tertiary/aromatic N) is 2. The summed E-state index contributed by atoms with van der Waals surface area (Å²) in [4.78, 5) is 42.6. The summed E-state index contributed by atoms with van der Waals surface area (Å²) < 4.78 is 43.6. The van der Waals surface area contributed by atoms with Crippen LogP contribution in [0.25, 0.3) is 0 Å². The fourth-order valence-corrected chi connectivity index (χ4v) is 2.53. The van der Waals surface area contributed by atoms with Gasteiger partial charge in [-0.1, -0.05) is 17.8 Å². The summed E-state index contributed by atoms with van der Waals surface area (Å²) in [6.07, 6.45) is -4.07. The van der Waals surface area contributed by atoms with Crippen molar-refractivity contribution in [2.45, 2.75) is 12.2 Å². The first-order valence-corrected chi connectivity index (χ1v) is 7.31. The molecule has 2 heterocycles. The van der Waals surface area contributed by atoms with Gasteiger partial charge in [-0.3, -0.25) is 14.6 Å². The molecule has 2 rings (SSSR count). The second kappa shape index (κ2) is 7.51. The van der Waals surface area contributed by atoms with Crippen LogP contribution in [0.2, 0.25) is 0 Å². The van der Waals surface area contributed by atoms with E-state index in [9.17, 15) is 32.7 Å². The minimum atomic E-state index is -5.36. The van der Waals surface area contributed by atoms with Crippen LogP contribution in [0.15, 0.2) is 28.7 Å². The molecule has 12 heteroatoms. The zero-order chi connectivity index (χ0) is 20.4. The molecule has 27 heavy (non-hydrogen) atoms. The molecule has 1 N–H and O–H groups in total. The minimum absolute atomic E-state index is 0.00729. The van der Waals surface area contributed by atoms with E-state index in [1.165, 1.54) is 6.08 Å². The molecule has 0 aromatic carbocycles. The molecule has 0 fully saturated rings. The standard InChI is InChI=1S/C15H14F3N3O6/c1-3-4-27-20-8-6-21(14(25)15(16,17)18)11(13(23)24)7-5-9(26-2)19-12(22)10(7)8/h3,5,11H,1,4,6H2,2H3,(H,19,22)(H,23,24)/p-1. The number of pyridine rings is 1. The number of carboxylic acids is 1. The molecule has 1 aromatic heterocycles. The van der Waals surface area contributed by atoms with Crippen LogP contribution in [0.1, 0.15) is 17.2 Å². The number of aromatic amines is 1. The lowest BCUT2D eigenvalue weighted by atomic mass is 9.92. The van der Waals surface area contributed by atoms with Gasteiger partial charge in [-0.2, -0.15) is 13.2 Å². The Balaban J connectivity index is 2.72. The fraction of sp³-hybridized carbons (Fsp3) is 0.333. The first kappa shape index (κ1) is 20.0. The number of H-pyrrole nitrogens is 1. The van der Waals surface area contributed by atoms with Crippen molar-refractivity contribution in [3.05, 3.63) is 40.2 Å². The van der Waals surface area contributed by atoms with Gasteiger partial charge in [0, 0.05) is 11.6 Å². The summed E-state index contributed by atoms with van der Waals surface area (Å²) in [7, 11) is 1.15. The molecule has 0 saturated carbocycles. The van der Waals surface area contributed by atoms with E-state index in [1.54, 1.807) is 0 Å². The summed E-state index contributed by atoms with van der Waals surface area (Å²) >= 11 is 0. The molecule has 9 nitrogen and oxygen atoms in total. The van der Waals surface area contributed by atoms with Crippen LogP contribution in [0.3, 0.4) is 0 Å². The van der Waals surface area contributed by atoms with Crippen molar-refractivity contribution in [1.29, 1.82) is 0 Å². The third-order valence-electron chi connectivity index (χ3n) is 3.57. The number of ether oxygens (including phenoxy) is 1. The molecule has 0 spiro atoms. The third-order valence-corrected chi connectivity index (χ3v) is 3.57. The number of carboxylic acid groups (broad SMARTS) is 1. The van der Waals surface area contributed by atoms with Crippen molar-refractivity contribution in [3.8, 4) is 5.88 Å². The number of aromatic nitrogens is 1. The molecule has 0 saturated heterocycles. The predicted molar refractivity (Wildman–Crippen MR) is 81.8 cm³/mol. The number of amides is 1. The highest BCUT2D eigenvalue weighted by Gasteiger charge is 2.48. The van der Waals surface area contributed by atoms with Crippen LogP contribution in [-0.4, -0.2) is 53.9 Å². The summed E-state index contributed by atoms with van der Waals surface area (Å²) in [5, 5.41) is 15.1. The molecule has 1 atom stereocenters. The molecule has 1 unspecified atom stereocenters. The first-order chi connectivity index (χ1) is 12.6. The number of aliphatic carboxylic acids is 1. The lowest BCUT2D eigenvalue weighted by molar-refractivity contribution is -0.312. The summed E-state index contributed by atoms with van der Waals surface area (Å²) in [5.74, 6) is -4.66. The van der Waals surface area contributed by atoms with Gasteiger partial charge in [-0.25, -0.2) is 0 Å². The Morgan fingerprint density at radius 2 is 2.19 bits per heavy atom. The number of carbonyl (C=O) groups is 2. The second-order valence-electron chi connectivity index (χ2n) is 5.27. The van der Waals surface area contributed by atoms with Crippen molar-refractivity contribution in [2.24, 2.45) is 5.16 Å². The maximum Gasteiger partial charge on any atom is 0.471 e. The van der Waals surface area contributed by atoms with Crippen molar-refractivity contribution in [1.82, 2.24) is 9.88 Å². The van der Waals surface area contributed by atoms with Gasteiger partial charge in [0.1, 0.15) is 12.3 Å². The van der Waals surface area contributed by atoms with Crippen molar-refractivity contribution in [2.75, 3.05) is 20.3 Å². The van der Waals surface area contributed by atoms with Crippen LogP contribution in [0.4, 0.5) is 13.2 Å². The van der Waals surface area contributed by atoms with E-state index >= 15 is 0 Å². The molecule has 1 aliphatic heterocycles. The van der Waals surface area contributed by atoms with Crippen molar-refractivity contribution >= 4 is 17.6 Å². The summed E-state index contributed by atoms with van der Waals surface area (Å²) in [6.45, 7) is 2.29. The Bertz CT molecular complexity index is 861. The quantitative estimate of drug-likeness (QED) is 0.411. The Morgan fingerprint density at radius 1 is 1.52 bits per heavy atom. The van der Waals surface area contributed by atoms with E-state index in [-0.39, 0.29) is 28.7 Å². The van der Waals surface area contributed by atoms with Gasteiger partial charge in [0.25, 0.3) is 5.56 Å². The number of rotatable bonds is 5. The highest BCUT2D eigenvalue weighted by Crippen LogP contribution is 2.33. The SMILES string of the molecule is C=CCON=C1CN(C(=O)C(F)(F)F)C(C(=O)[O-])c2cc(OC)[nH]c(=O)c21. The maximum atomic E-state index is 12.9. The Kier molecular flexibility index (Phi) is 5.57. The number of methoxy groups -OCH3 is 1. The van der Waals surface area contributed by atoms with Gasteiger partial charge >= 0.3 is 12.1 Å². The maximum absolute atomic E-state index is 12.9. The summed E-state index contributed by atoms with van der Waals surface area (Å²) in [5.41, 5.74) is -2.04. The highest BCUT2D eigenvalue weighted by molar-refractivity contribution is 6.08. The normalized spacial score (nSPS) is 18.0. The monoisotopic (exact) mass is 388 g/mol. The fourth-order valence-electron chi connectivity index (χ4n) is 2.53. The van der Waals surface area contributed by atoms with E-state index in [0.717, 1.165) is 13.2 Å². The zero-order valence-electron chi connectivity index (χ0n) is 13.8. The average molecular weight is 388 g/mol. The molecule has 1 amide bonds. The lowest BCUT2D eigenvalue weighted by Crippen LogP contribution is -2.54. The third kappa shape index (κ3) is 3.93. The van der Waals surface area contributed by atoms with Crippen molar-refractivity contribution in [3.63, 3.8) is 0 Å². The van der Waals surface area contributed by atoms with Crippen LogP contribution >= 0.6 is 0 Å².